The molecule has 1 aromatic carbocycles. The van der Waals surface area contributed by atoms with E-state index in [9.17, 15) is 0 Å². The van der Waals surface area contributed by atoms with Crippen molar-refractivity contribution in [2.75, 3.05) is 12.3 Å². The standard InChI is InChI=1S/C18H29NS2/c1-6-19-18(17-11-20-13(4)14(5)21-17)16-9-7-15(8-10-16)12(2)3/h7-10,12-14,17-19H,6,11H2,1-5H3. The van der Waals surface area contributed by atoms with Gasteiger partial charge in [-0.05, 0) is 23.6 Å². The van der Waals surface area contributed by atoms with Gasteiger partial charge in [0, 0.05) is 27.5 Å². The Morgan fingerprint density at radius 3 is 2.24 bits per heavy atom. The van der Waals surface area contributed by atoms with Crippen molar-refractivity contribution >= 4 is 23.5 Å². The Bertz CT molecular complexity index is 429. The van der Waals surface area contributed by atoms with Gasteiger partial charge in [0.05, 0.1) is 0 Å². The zero-order valence-electron chi connectivity index (χ0n) is 13.9. The van der Waals surface area contributed by atoms with Crippen molar-refractivity contribution in [1.82, 2.24) is 5.32 Å². The van der Waals surface area contributed by atoms with Crippen LogP contribution in [0.2, 0.25) is 0 Å². The van der Waals surface area contributed by atoms with Gasteiger partial charge in [0.2, 0.25) is 0 Å². The van der Waals surface area contributed by atoms with Gasteiger partial charge in [-0.25, -0.2) is 0 Å². The molecule has 1 heterocycles. The molecule has 21 heavy (non-hydrogen) atoms. The first-order valence-electron chi connectivity index (χ1n) is 8.13. The molecule has 1 saturated heterocycles. The smallest absolute Gasteiger partial charge is 0.0448 e. The quantitative estimate of drug-likeness (QED) is 0.811. The molecule has 1 aliphatic rings. The molecule has 0 saturated carbocycles. The number of hydrogen-bond acceptors (Lipinski definition) is 3. The average molecular weight is 324 g/mol. The maximum Gasteiger partial charge on any atom is 0.0448 e. The third-order valence-corrected chi connectivity index (χ3v) is 7.83. The van der Waals surface area contributed by atoms with E-state index in [-0.39, 0.29) is 0 Å². The fourth-order valence-corrected chi connectivity index (χ4v) is 5.87. The van der Waals surface area contributed by atoms with Crippen LogP contribution >= 0.6 is 23.5 Å². The first-order chi connectivity index (χ1) is 10.0. The highest BCUT2D eigenvalue weighted by Crippen LogP contribution is 2.41. The van der Waals surface area contributed by atoms with Crippen LogP contribution in [0, 0.1) is 0 Å². The van der Waals surface area contributed by atoms with Crippen LogP contribution in [0.25, 0.3) is 0 Å². The Hall–Kier alpha value is -0.120. The number of benzene rings is 1. The summed E-state index contributed by atoms with van der Waals surface area (Å²) in [5, 5.41) is 5.91. The molecule has 0 aromatic heterocycles. The first-order valence-corrected chi connectivity index (χ1v) is 10.1. The van der Waals surface area contributed by atoms with E-state index in [1.165, 1.54) is 16.9 Å². The van der Waals surface area contributed by atoms with Crippen molar-refractivity contribution in [1.29, 1.82) is 0 Å². The minimum Gasteiger partial charge on any atom is -0.309 e. The second-order valence-corrected chi connectivity index (χ2v) is 9.31. The normalized spacial score (nSPS) is 27.8. The summed E-state index contributed by atoms with van der Waals surface area (Å²) < 4.78 is 0. The molecule has 4 unspecified atom stereocenters. The fourth-order valence-electron chi connectivity index (χ4n) is 2.75. The highest BCUT2D eigenvalue weighted by molar-refractivity contribution is 8.07. The molecule has 0 radical (unpaired) electrons. The summed E-state index contributed by atoms with van der Waals surface area (Å²) in [6.45, 7) is 12.5. The molecule has 2 rings (SSSR count). The summed E-state index contributed by atoms with van der Waals surface area (Å²) in [5.74, 6) is 1.86. The molecule has 0 spiro atoms. The van der Waals surface area contributed by atoms with Crippen LogP contribution in [0.3, 0.4) is 0 Å². The lowest BCUT2D eigenvalue weighted by atomic mass is 9.98. The molecule has 3 heteroatoms. The molecular formula is C18H29NS2. The maximum atomic E-state index is 3.72. The largest absolute Gasteiger partial charge is 0.309 e. The number of hydrogen-bond donors (Lipinski definition) is 1. The Morgan fingerprint density at radius 2 is 1.71 bits per heavy atom. The highest BCUT2D eigenvalue weighted by Gasteiger charge is 2.31. The van der Waals surface area contributed by atoms with Gasteiger partial charge in [-0.2, -0.15) is 23.5 Å². The Labute approximate surface area is 139 Å². The monoisotopic (exact) mass is 323 g/mol. The van der Waals surface area contributed by atoms with E-state index in [2.05, 4.69) is 87.7 Å². The van der Waals surface area contributed by atoms with Gasteiger partial charge in [0.1, 0.15) is 0 Å². The summed E-state index contributed by atoms with van der Waals surface area (Å²) in [6, 6.07) is 9.74. The molecule has 1 nitrogen and oxygen atoms in total. The Morgan fingerprint density at radius 1 is 1.10 bits per heavy atom. The predicted molar refractivity (Wildman–Crippen MR) is 99.7 cm³/mol. The zero-order valence-corrected chi connectivity index (χ0v) is 15.6. The van der Waals surface area contributed by atoms with Gasteiger partial charge in [-0.1, -0.05) is 58.9 Å². The van der Waals surface area contributed by atoms with Crippen molar-refractivity contribution in [2.24, 2.45) is 0 Å². The molecule has 0 amide bonds. The summed E-state index contributed by atoms with van der Waals surface area (Å²) in [7, 11) is 0. The van der Waals surface area contributed by atoms with Crippen LogP contribution in [-0.4, -0.2) is 28.0 Å². The van der Waals surface area contributed by atoms with Gasteiger partial charge >= 0.3 is 0 Å². The van der Waals surface area contributed by atoms with Crippen molar-refractivity contribution in [3.63, 3.8) is 0 Å². The van der Waals surface area contributed by atoms with Gasteiger partial charge in [-0.3, -0.25) is 0 Å². The van der Waals surface area contributed by atoms with E-state index >= 15 is 0 Å². The van der Waals surface area contributed by atoms with Gasteiger partial charge in [0.25, 0.3) is 0 Å². The van der Waals surface area contributed by atoms with Crippen molar-refractivity contribution < 1.29 is 0 Å². The fraction of sp³-hybridized carbons (Fsp3) is 0.667. The van der Waals surface area contributed by atoms with Crippen LogP contribution in [0.5, 0.6) is 0 Å². The van der Waals surface area contributed by atoms with E-state index in [1.807, 2.05) is 0 Å². The number of rotatable bonds is 5. The van der Waals surface area contributed by atoms with Gasteiger partial charge < -0.3 is 5.32 Å². The second-order valence-electron chi connectivity index (χ2n) is 6.27. The maximum absolute atomic E-state index is 3.72. The van der Waals surface area contributed by atoms with E-state index in [0.717, 1.165) is 17.0 Å². The predicted octanol–water partition coefficient (Wildman–Crippen LogP) is 5.09. The van der Waals surface area contributed by atoms with E-state index in [1.54, 1.807) is 0 Å². The third kappa shape index (κ3) is 4.43. The van der Waals surface area contributed by atoms with Crippen molar-refractivity contribution in [3.05, 3.63) is 35.4 Å². The molecule has 0 aliphatic carbocycles. The molecular weight excluding hydrogens is 294 g/mol. The molecule has 1 fully saturated rings. The average Bonchev–Trinajstić information content (AvgIpc) is 2.48. The summed E-state index contributed by atoms with van der Waals surface area (Å²) in [4.78, 5) is 0. The van der Waals surface area contributed by atoms with Gasteiger partial charge in [-0.15, -0.1) is 0 Å². The minimum absolute atomic E-state index is 0.476. The lowest BCUT2D eigenvalue weighted by molar-refractivity contribution is 0.547. The van der Waals surface area contributed by atoms with Crippen LogP contribution in [-0.2, 0) is 0 Å². The SMILES string of the molecule is CCNC(c1ccc(C(C)C)cc1)C1CSC(C)C(C)S1. The van der Waals surface area contributed by atoms with Crippen LogP contribution in [0.15, 0.2) is 24.3 Å². The van der Waals surface area contributed by atoms with Crippen LogP contribution in [0.1, 0.15) is 57.7 Å². The lowest BCUT2D eigenvalue weighted by Crippen LogP contribution is -2.37. The number of thioether (sulfide) groups is 2. The zero-order chi connectivity index (χ0) is 15.4. The van der Waals surface area contributed by atoms with Crippen molar-refractivity contribution in [3.8, 4) is 0 Å². The molecule has 1 N–H and O–H groups in total. The molecule has 0 bridgehead atoms. The van der Waals surface area contributed by atoms with E-state index < -0.39 is 0 Å². The second kappa shape index (κ2) is 7.94. The molecule has 1 aliphatic heterocycles. The highest BCUT2D eigenvalue weighted by atomic mass is 32.2. The lowest BCUT2D eigenvalue weighted by Gasteiger charge is -2.36. The molecule has 118 valence electrons. The van der Waals surface area contributed by atoms with E-state index in [4.69, 9.17) is 0 Å². The topological polar surface area (TPSA) is 12.0 Å². The summed E-state index contributed by atoms with van der Waals surface area (Å²) in [5.41, 5.74) is 2.88. The molecule has 1 aromatic rings. The van der Waals surface area contributed by atoms with Gasteiger partial charge in [0.15, 0.2) is 0 Å². The Kier molecular flexibility index (Phi) is 6.51. The summed E-state index contributed by atoms with van der Waals surface area (Å²) in [6.07, 6.45) is 0. The minimum atomic E-state index is 0.476. The van der Waals surface area contributed by atoms with Crippen LogP contribution in [0.4, 0.5) is 0 Å². The third-order valence-electron chi connectivity index (χ3n) is 4.33. The van der Waals surface area contributed by atoms with Crippen molar-refractivity contribution in [2.45, 2.75) is 62.3 Å². The summed E-state index contributed by atoms with van der Waals surface area (Å²) >= 11 is 4.29. The first kappa shape index (κ1) is 17.2. The van der Waals surface area contributed by atoms with E-state index in [0.29, 0.717) is 17.2 Å². The Balaban J connectivity index is 2.14. The molecule has 4 atom stereocenters. The number of nitrogens with one attached hydrogen (secondary N) is 1. The van der Waals surface area contributed by atoms with Crippen LogP contribution < -0.4 is 5.32 Å².